The first-order valence-electron chi connectivity index (χ1n) is 7.87. The van der Waals surface area contributed by atoms with Gasteiger partial charge in [0.05, 0.1) is 10.7 Å². The van der Waals surface area contributed by atoms with Crippen LogP contribution in [-0.2, 0) is 4.79 Å². The number of nitrogens with one attached hydrogen (secondary N) is 2. The van der Waals surface area contributed by atoms with Crippen LogP contribution in [0.4, 0.5) is 18.9 Å². The Balaban J connectivity index is 1.99. The van der Waals surface area contributed by atoms with E-state index in [2.05, 4.69) is 10.3 Å². The van der Waals surface area contributed by atoms with Crippen LogP contribution < -0.4 is 10.9 Å². The number of aromatic nitrogens is 1. The molecule has 1 heterocycles. The third kappa shape index (κ3) is 3.14. The smallest absolute Gasteiger partial charge is 0.261 e. The topological polar surface area (TPSA) is 62.0 Å². The first-order chi connectivity index (χ1) is 12.3. The highest BCUT2D eigenvalue weighted by molar-refractivity contribution is 6.35. The summed E-state index contributed by atoms with van der Waals surface area (Å²) >= 11 is 6.06. The number of anilines is 1. The molecule has 0 aliphatic heterocycles. The maximum atomic E-state index is 14.4. The van der Waals surface area contributed by atoms with E-state index in [1.807, 2.05) is 0 Å². The Hall–Kier alpha value is -2.54. The number of halogens is 4. The normalized spacial score (nSPS) is 20.3. The Kier molecular flexibility index (Phi) is 4.91. The molecule has 2 aromatic rings. The summed E-state index contributed by atoms with van der Waals surface area (Å²) in [6.07, 6.45) is 0.261. The second kappa shape index (κ2) is 6.99. The fraction of sp³-hybridized carbons (Fsp3) is 0.222. The molecule has 0 radical (unpaired) electrons. The van der Waals surface area contributed by atoms with E-state index in [1.54, 1.807) is 13.0 Å². The molecule has 4 nitrogen and oxygen atoms in total. The van der Waals surface area contributed by atoms with Crippen molar-refractivity contribution in [3.63, 3.8) is 0 Å². The molecule has 0 bridgehead atoms. The number of carbonyl (C=O) groups excluding carboxylic acids is 1. The van der Waals surface area contributed by atoms with Crippen LogP contribution in [0, 0.1) is 5.92 Å². The predicted octanol–water partition coefficient (Wildman–Crippen LogP) is 4.57. The van der Waals surface area contributed by atoms with Crippen molar-refractivity contribution < 1.29 is 18.0 Å². The van der Waals surface area contributed by atoms with Gasteiger partial charge in [-0.3, -0.25) is 9.59 Å². The van der Waals surface area contributed by atoms with Crippen LogP contribution in [0.15, 0.2) is 52.5 Å². The molecule has 1 amide bonds. The third-order valence-corrected chi connectivity index (χ3v) is 4.58. The van der Waals surface area contributed by atoms with Gasteiger partial charge >= 0.3 is 0 Å². The van der Waals surface area contributed by atoms with E-state index >= 15 is 0 Å². The molecule has 3 rings (SSSR count). The number of pyridine rings is 1. The van der Waals surface area contributed by atoms with Crippen LogP contribution in [0.5, 0.6) is 0 Å². The summed E-state index contributed by atoms with van der Waals surface area (Å²) in [7, 11) is 0. The van der Waals surface area contributed by atoms with Crippen molar-refractivity contribution in [1.29, 1.82) is 0 Å². The number of H-pyrrole nitrogens is 1. The number of fused-ring (bicyclic) bond motifs is 1. The Morgan fingerprint density at radius 1 is 1.35 bits per heavy atom. The standard InChI is InChI=1S/C18H14ClF3N2O2/c1-2-9-12(20)7-13(21)15(16(9)22)18(26)24-14-5-8-3-4-23-17(25)10(8)6-11(14)19/h3-7,9,12H,2H2,1H3,(H,23,25)(H,24,26). The van der Waals surface area contributed by atoms with Crippen molar-refractivity contribution in [3.05, 3.63) is 63.1 Å². The zero-order valence-corrected chi connectivity index (χ0v) is 14.3. The van der Waals surface area contributed by atoms with Gasteiger partial charge in [0.25, 0.3) is 11.5 Å². The van der Waals surface area contributed by atoms with Gasteiger partial charge in [0.2, 0.25) is 0 Å². The number of carbonyl (C=O) groups is 1. The van der Waals surface area contributed by atoms with Crippen LogP contribution in [0.25, 0.3) is 10.8 Å². The van der Waals surface area contributed by atoms with Crippen molar-refractivity contribution in [2.75, 3.05) is 5.32 Å². The highest BCUT2D eigenvalue weighted by atomic mass is 35.5. The lowest BCUT2D eigenvalue weighted by Crippen LogP contribution is -2.25. The summed E-state index contributed by atoms with van der Waals surface area (Å²) in [5.74, 6) is -4.68. The third-order valence-electron chi connectivity index (χ3n) is 4.27. The van der Waals surface area contributed by atoms with E-state index in [4.69, 9.17) is 11.6 Å². The molecule has 1 aromatic carbocycles. The minimum Gasteiger partial charge on any atom is -0.329 e. The van der Waals surface area contributed by atoms with Crippen molar-refractivity contribution in [2.45, 2.75) is 19.5 Å². The molecule has 1 aliphatic rings. The number of benzene rings is 1. The fourth-order valence-electron chi connectivity index (χ4n) is 2.89. The second-order valence-electron chi connectivity index (χ2n) is 5.88. The predicted molar refractivity (Wildman–Crippen MR) is 94.2 cm³/mol. The highest BCUT2D eigenvalue weighted by Crippen LogP contribution is 2.36. The van der Waals surface area contributed by atoms with Gasteiger partial charge in [-0.15, -0.1) is 0 Å². The van der Waals surface area contributed by atoms with E-state index in [0.29, 0.717) is 16.8 Å². The summed E-state index contributed by atoms with van der Waals surface area (Å²) in [4.78, 5) is 26.6. The molecule has 26 heavy (non-hydrogen) atoms. The molecular formula is C18H14ClF3N2O2. The van der Waals surface area contributed by atoms with E-state index in [-0.39, 0.29) is 22.7 Å². The molecule has 136 valence electrons. The van der Waals surface area contributed by atoms with Crippen molar-refractivity contribution in [2.24, 2.45) is 5.92 Å². The maximum absolute atomic E-state index is 14.4. The Morgan fingerprint density at radius 2 is 2.08 bits per heavy atom. The minimum absolute atomic E-state index is 0.0270. The molecule has 2 unspecified atom stereocenters. The zero-order chi connectivity index (χ0) is 19.0. The molecule has 2 N–H and O–H groups in total. The van der Waals surface area contributed by atoms with Gasteiger partial charge in [-0.1, -0.05) is 18.5 Å². The highest BCUT2D eigenvalue weighted by Gasteiger charge is 2.35. The van der Waals surface area contributed by atoms with Crippen LogP contribution in [0.3, 0.4) is 0 Å². The molecule has 0 fully saturated rings. The number of rotatable bonds is 3. The molecule has 0 saturated heterocycles. The van der Waals surface area contributed by atoms with Gasteiger partial charge in [0.15, 0.2) is 0 Å². The number of amides is 1. The van der Waals surface area contributed by atoms with Gasteiger partial charge in [0, 0.05) is 17.5 Å². The van der Waals surface area contributed by atoms with Crippen molar-refractivity contribution in [3.8, 4) is 0 Å². The molecule has 1 aliphatic carbocycles. The Bertz CT molecular complexity index is 1010. The average Bonchev–Trinajstić information content (AvgIpc) is 2.56. The van der Waals surface area contributed by atoms with Gasteiger partial charge in [-0.25, -0.2) is 13.2 Å². The lowest BCUT2D eigenvalue weighted by molar-refractivity contribution is -0.113. The van der Waals surface area contributed by atoms with Crippen molar-refractivity contribution in [1.82, 2.24) is 4.98 Å². The van der Waals surface area contributed by atoms with Gasteiger partial charge < -0.3 is 10.3 Å². The summed E-state index contributed by atoms with van der Waals surface area (Å²) in [6.45, 7) is 1.54. The second-order valence-corrected chi connectivity index (χ2v) is 6.28. The Morgan fingerprint density at radius 3 is 2.77 bits per heavy atom. The first-order valence-corrected chi connectivity index (χ1v) is 8.25. The Labute approximate surface area is 151 Å². The number of aromatic amines is 1. The van der Waals surface area contributed by atoms with Gasteiger partial charge in [0.1, 0.15) is 23.4 Å². The molecule has 1 aromatic heterocycles. The molecule has 0 saturated carbocycles. The SMILES string of the molecule is CCC1C(F)=C(C(=O)Nc2cc3cc[nH]c(=O)c3cc2Cl)C(F)=CC1F. The number of alkyl halides is 1. The number of allylic oxidation sites excluding steroid dienone is 2. The van der Waals surface area contributed by atoms with Crippen LogP contribution in [0.2, 0.25) is 5.02 Å². The van der Waals surface area contributed by atoms with E-state index in [1.165, 1.54) is 18.3 Å². The molecular weight excluding hydrogens is 369 g/mol. The fourth-order valence-corrected chi connectivity index (χ4v) is 3.10. The van der Waals surface area contributed by atoms with Crippen LogP contribution >= 0.6 is 11.6 Å². The largest absolute Gasteiger partial charge is 0.329 e. The monoisotopic (exact) mass is 382 g/mol. The zero-order valence-electron chi connectivity index (χ0n) is 13.6. The molecule has 0 spiro atoms. The summed E-state index contributed by atoms with van der Waals surface area (Å²) in [6, 6.07) is 4.35. The quantitative estimate of drug-likeness (QED) is 0.816. The minimum atomic E-state index is -1.83. The molecule has 8 heteroatoms. The average molecular weight is 383 g/mol. The lowest BCUT2D eigenvalue weighted by atomic mass is 9.90. The lowest BCUT2D eigenvalue weighted by Gasteiger charge is -2.22. The maximum Gasteiger partial charge on any atom is 0.261 e. The van der Waals surface area contributed by atoms with Crippen molar-refractivity contribution >= 4 is 34.0 Å². The number of hydrogen-bond donors (Lipinski definition) is 2. The first kappa shape index (κ1) is 18.3. The van der Waals surface area contributed by atoms with E-state index in [0.717, 1.165) is 0 Å². The summed E-state index contributed by atoms with van der Waals surface area (Å²) < 4.78 is 42.1. The van der Waals surface area contributed by atoms with E-state index < -0.39 is 35.2 Å². The molecule has 2 atom stereocenters. The van der Waals surface area contributed by atoms with Gasteiger partial charge in [-0.2, -0.15) is 0 Å². The van der Waals surface area contributed by atoms with Gasteiger partial charge in [-0.05, 0) is 36.1 Å². The summed E-state index contributed by atoms with van der Waals surface area (Å²) in [5, 5.41) is 3.14. The summed E-state index contributed by atoms with van der Waals surface area (Å²) in [5.41, 5.74) is -1.12. The van der Waals surface area contributed by atoms with Crippen LogP contribution in [-0.4, -0.2) is 17.1 Å². The van der Waals surface area contributed by atoms with E-state index in [9.17, 15) is 22.8 Å². The van der Waals surface area contributed by atoms with Crippen LogP contribution in [0.1, 0.15) is 13.3 Å². The number of hydrogen-bond acceptors (Lipinski definition) is 2.